The Labute approximate surface area is 135 Å². The summed E-state index contributed by atoms with van der Waals surface area (Å²) in [4.78, 5) is 0. The van der Waals surface area contributed by atoms with Crippen LogP contribution in [-0.2, 0) is 14.2 Å². The molecule has 0 N–H and O–H groups in total. The van der Waals surface area contributed by atoms with Crippen LogP contribution in [0.25, 0.3) is 16.7 Å². The Hall–Kier alpha value is -2.45. The second-order valence-electron chi connectivity index (χ2n) is 5.20. The molecule has 23 heavy (non-hydrogen) atoms. The van der Waals surface area contributed by atoms with Crippen LogP contribution >= 0.6 is 0 Å². The molecular weight excluding hydrogens is 290 g/mol. The summed E-state index contributed by atoms with van der Waals surface area (Å²) in [7, 11) is 3.21. The van der Waals surface area contributed by atoms with Crippen molar-refractivity contribution in [3.05, 3.63) is 65.7 Å². The van der Waals surface area contributed by atoms with Gasteiger partial charge >= 0.3 is 0 Å². The Balaban J connectivity index is 1.85. The maximum absolute atomic E-state index is 8.86. The quantitative estimate of drug-likeness (QED) is 0.866. The van der Waals surface area contributed by atoms with E-state index in [4.69, 9.17) is 19.5 Å². The topological polar surface area (TPSA) is 51.5 Å². The van der Waals surface area contributed by atoms with E-state index < -0.39 is 6.29 Å². The zero-order valence-corrected chi connectivity index (χ0v) is 13.0. The van der Waals surface area contributed by atoms with Gasteiger partial charge in [0.2, 0.25) is 0 Å². The lowest BCUT2D eigenvalue weighted by molar-refractivity contribution is -0.170. The molecule has 2 unspecified atom stereocenters. The van der Waals surface area contributed by atoms with Crippen LogP contribution in [0.15, 0.2) is 54.6 Å². The lowest BCUT2D eigenvalue weighted by atomic mass is 9.99. The number of hydrogen-bond donors (Lipinski definition) is 0. The van der Waals surface area contributed by atoms with Crippen LogP contribution in [0.5, 0.6) is 0 Å². The molecule has 0 fully saturated rings. The van der Waals surface area contributed by atoms with Gasteiger partial charge in [0.1, 0.15) is 0 Å². The largest absolute Gasteiger partial charge is 0.352 e. The molecule has 3 rings (SSSR count). The number of rotatable bonds is 4. The monoisotopic (exact) mass is 307 g/mol. The standard InChI is InChI=1S/C19H17NO3/c1-21-18-11-17(19(22-2)23-18)16-9-7-15(8-10-16)14-5-3-13(12-20)4-6-14/h3-11,18-19H,1-2H3. The predicted octanol–water partition coefficient (Wildman–Crippen LogP) is 3.58. The van der Waals surface area contributed by atoms with Crippen LogP contribution in [0, 0.1) is 11.3 Å². The molecule has 4 heteroatoms. The summed E-state index contributed by atoms with van der Waals surface area (Å²) < 4.78 is 16.2. The second-order valence-corrected chi connectivity index (χ2v) is 5.20. The molecule has 0 saturated heterocycles. The third-order valence-electron chi connectivity index (χ3n) is 3.84. The van der Waals surface area contributed by atoms with Gasteiger partial charge in [-0.15, -0.1) is 0 Å². The summed E-state index contributed by atoms with van der Waals surface area (Å²) in [5.41, 5.74) is 4.83. The van der Waals surface area contributed by atoms with E-state index in [1.54, 1.807) is 14.2 Å². The normalized spacial score (nSPS) is 20.1. The molecule has 0 bridgehead atoms. The third-order valence-corrected chi connectivity index (χ3v) is 3.84. The van der Waals surface area contributed by atoms with E-state index in [0.29, 0.717) is 5.56 Å². The van der Waals surface area contributed by atoms with Crippen molar-refractivity contribution in [3.8, 4) is 17.2 Å². The smallest absolute Gasteiger partial charge is 0.187 e. The summed E-state index contributed by atoms with van der Waals surface area (Å²) in [6, 6.07) is 17.8. The molecule has 0 amide bonds. The molecule has 0 radical (unpaired) electrons. The Kier molecular flexibility index (Phi) is 4.54. The summed E-state index contributed by atoms with van der Waals surface area (Å²) in [5.74, 6) is 0. The first-order valence-corrected chi connectivity index (χ1v) is 7.29. The van der Waals surface area contributed by atoms with Gasteiger partial charge in [-0.05, 0) is 34.9 Å². The van der Waals surface area contributed by atoms with Crippen molar-refractivity contribution in [1.29, 1.82) is 5.26 Å². The van der Waals surface area contributed by atoms with E-state index in [9.17, 15) is 0 Å². The van der Waals surface area contributed by atoms with Gasteiger partial charge in [-0.2, -0.15) is 5.26 Å². The molecule has 2 atom stereocenters. The average Bonchev–Trinajstić information content (AvgIpc) is 3.05. The van der Waals surface area contributed by atoms with Crippen LogP contribution in [0.1, 0.15) is 11.1 Å². The van der Waals surface area contributed by atoms with Crippen molar-refractivity contribution in [1.82, 2.24) is 0 Å². The third kappa shape index (κ3) is 3.17. The number of benzene rings is 2. The van der Waals surface area contributed by atoms with Gasteiger partial charge in [-0.25, -0.2) is 0 Å². The molecular formula is C19H17NO3. The first kappa shape index (κ1) is 15.4. The highest BCUT2D eigenvalue weighted by Gasteiger charge is 2.27. The van der Waals surface area contributed by atoms with E-state index in [1.165, 1.54) is 0 Å². The van der Waals surface area contributed by atoms with Crippen molar-refractivity contribution in [2.24, 2.45) is 0 Å². The molecule has 1 aliphatic rings. The first-order chi connectivity index (χ1) is 11.2. The summed E-state index contributed by atoms with van der Waals surface area (Å²) in [6.07, 6.45) is 1.12. The molecule has 2 aromatic carbocycles. The summed E-state index contributed by atoms with van der Waals surface area (Å²) in [5, 5.41) is 8.86. The predicted molar refractivity (Wildman–Crippen MR) is 87.2 cm³/mol. The minimum Gasteiger partial charge on any atom is -0.352 e. The van der Waals surface area contributed by atoms with E-state index in [-0.39, 0.29) is 6.29 Å². The molecule has 0 aliphatic carbocycles. The number of methoxy groups -OCH3 is 2. The maximum Gasteiger partial charge on any atom is 0.187 e. The molecule has 2 aromatic rings. The van der Waals surface area contributed by atoms with E-state index in [2.05, 4.69) is 6.07 Å². The van der Waals surface area contributed by atoms with Crippen LogP contribution in [0.2, 0.25) is 0 Å². The first-order valence-electron chi connectivity index (χ1n) is 7.29. The molecule has 0 saturated carbocycles. The highest BCUT2D eigenvalue weighted by Crippen LogP contribution is 2.31. The lowest BCUT2D eigenvalue weighted by Gasteiger charge is -2.14. The Bertz CT molecular complexity index is 742. The number of nitrogens with zero attached hydrogens (tertiary/aromatic N) is 1. The van der Waals surface area contributed by atoms with Crippen LogP contribution in [0.3, 0.4) is 0 Å². The van der Waals surface area contributed by atoms with Crippen molar-refractivity contribution in [2.45, 2.75) is 12.6 Å². The Morgan fingerprint density at radius 2 is 1.43 bits per heavy atom. The van der Waals surface area contributed by atoms with E-state index in [0.717, 1.165) is 22.3 Å². The summed E-state index contributed by atoms with van der Waals surface area (Å²) in [6.45, 7) is 0. The molecule has 4 nitrogen and oxygen atoms in total. The zero-order valence-electron chi connectivity index (χ0n) is 13.0. The van der Waals surface area contributed by atoms with Gasteiger partial charge in [-0.1, -0.05) is 36.4 Å². The molecule has 116 valence electrons. The van der Waals surface area contributed by atoms with Crippen molar-refractivity contribution < 1.29 is 14.2 Å². The highest BCUT2D eigenvalue weighted by atomic mass is 16.8. The van der Waals surface area contributed by atoms with E-state index in [1.807, 2.05) is 54.6 Å². The zero-order chi connectivity index (χ0) is 16.2. The van der Waals surface area contributed by atoms with Gasteiger partial charge in [0.15, 0.2) is 12.6 Å². The Morgan fingerprint density at radius 1 is 0.870 bits per heavy atom. The van der Waals surface area contributed by atoms with Crippen molar-refractivity contribution >= 4 is 5.57 Å². The molecule has 1 heterocycles. The molecule has 1 aliphatic heterocycles. The van der Waals surface area contributed by atoms with Crippen LogP contribution < -0.4 is 0 Å². The lowest BCUT2D eigenvalue weighted by Crippen LogP contribution is -2.16. The fourth-order valence-corrected chi connectivity index (χ4v) is 2.59. The van der Waals surface area contributed by atoms with Crippen LogP contribution in [-0.4, -0.2) is 26.8 Å². The van der Waals surface area contributed by atoms with Gasteiger partial charge in [0.05, 0.1) is 11.6 Å². The average molecular weight is 307 g/mol. The Morgan fingerprint density at radius 3 is 1.96 bits per heavy atom. The van der Waals surface area contributed by atoms with Gasteiger partial charge in [0, 0.05) is 19.8 Å². The van der Waals surface area contributed by atoms with Crippen molar-refractivity contribution in [2.75, 3.05) is 14.2 Å². The second kappa shape index (κ2) is 6.76. The fraction of sp³-hybridized carbons (Fsp3) is 0.211. The highest BCUT2D eigenvalue weighted by molar-refractivity contribution is 5.73. The number of hydrogen-bond acceptors (Lipinski definition) is 4. The molecule has 0 spiro atoms. The minimum atomic E-state index is -0.416. The van der Waals surface area contributed by atoms with Crippen LogP contribution in [0.4, 0.5) is 0 Å². The summed E-state index contributed by atoms with van der Waals surface area (Å²) >= 11 is 0. The fourth-order valence-electron chi connectivity index (χ4n) is 2.59. The van der Waals surface area contributed by atoms with Gasteiger partial charge in [0.25, 0.3) is 0 Å². The SMILES string of the molecule is COC1C=C(c2ccc(-c3ccc(C#N)cc3)cc2)C(OC)O1. The molecule has 0 aromatic heterocycles. The maximum atomic E-state index is 8.86. The van der Waals surface area contributed by atoms with Gasteiger partial charge in [-0.3, -0.25) is 0 Å². The van der Waals surface area contributed by atoms with Gasteiger partial charge < -0.3 is 14.2 Å². The number of nitriles is 1. The van der Waals surface area contributed by atoms with E-state index >= 15 is 0 Å². The minimum absolute atomic E-state index is 0.381. The number of ether oxygens (including phenoxy) is 3. The van der Waals surface area contributed by atoms with Crippen molar-refractivity contribution in [3.63, 3.8) is 0 Å².